The molecule has 2 N–H and O–H groups in total. The molecule has 0 saturated heterocycles. The highest BCUT2D eigenvalue weighted by Gasteiger charge is 2.36. The van der Waals surface area contributed by atoms with Crippen molar-refractivity contribution in [1.29, 1.82) is 0 Å². The molecule has 0 bridgehead atoms. The van der Waals surface area contributed by atoms with Gasteiger partial charge in [-0.15, -0.1) is 0 Å². The zero-order valence-electron chi connectivity index (χ0n) is 32.7. The molecule has 0 spiro atoms. The highest BCUT2D eigenvalue weighted by atomic mass is 32.2. The van der Waals surface area contributed by atoms with Crippen molar-refractivity contribution in [1.82, 2.24) is 33.9 Å². The number of carbonyl (C=O) groups is 1. The quantitative estimate of drug-likeness (QED) is 0.124. The Morgan fingerprint density at radius 1 is 0.597 bits per heavy atom. The van der Waals surface area contributed by atoms with Gasteiger partial charge in [0.15, 0.2) is 11.4 Å². The summed E-state index contributed by atoms with van der Waals surface area (Å²) in [5.74, 6) is -0.427. The number of hydrogen-bond donors (Lipinski definition) is 2. The number of hydrogen-bond acceptors (Lipinski definition) is 7. The molecule has 0 fully saturated rings. The van der Waals surface area contributed by atoms with Crippen LogP contribution in [0.5, 0.6) is 0 Å². The Bertz CT molecular complexity index is 2660. The molecule has 0 aliphatic carbocycles. The predicted molar refractivity (Wildman–Crippen MR) is 226 cm³/mol. The van der Waals surface area contributed by atoms with Crippen molar-refractivity contribution in [2.75, 3.05) is 27.2 Å². The summed E-state index contributed by atoms with van der Waals surface area (Å²) < 4.78 is 135. The van der Waals surface area contributed by atoms with Crippen LogP contribution < -0.4 is 9.44 Å². The summed E-state index contributed by atoms with van der Waals surface area (Å²) >= 11 is 0. The molecule has 0 atom stereocenters. The number of benzene rings is 4. The molecule has 2 heterocycles. The van der Waals surface area contributed by atoms with E-state index < -0.39 is 56.2 Å². The van der Waals surface area contributed by atoms with Gasteiger partial charge in [0, 0.05) is 31.8 Å². The van der Waals surface area contributed by atoms with Gasteiger partial charge in [-0.3, -0.25) is 4.79 Å². The second-order valence-corrected chi connectivity index (χ2v) is 17.0. The number of carbonyl (C=O) groups excluding carboxylic acids is 1. The van der Waals surface area contributed by atoms with Gasteiger partial charge in [-0.05, 0) is 74.5 Å². The molecule has 0 radical (unpaired) electrons. The summed E-state index contributed by atoms with van der Waals surface area (Å²) in [5.41, 5.74) is 1.98. The summed E-state index contributed by atoms with van der Waals surface area (Å²) in [5, 5.41) is 7.40. The van der Waals surface area contributed by atoms with Crippen molar-refractivity contribution in [2.24, 2.45) is 0 Å². The number of halogens is 6. The van der Waals surface area contributed by atoms with E-state index in [2.05, 4.69) is 19.6 Å². The minimum absolute atomic E-state index is 0. The maximum Gasteiger partial charge on any atom is 0.435 e. The Hall–Kier alpha value is -5.83. The third-order valence-corrected chi connectivity index (χ3v) is 11.7. The van der Waals surface area contributed by atoms with E-state index in [-0.39, 0.29) is 48.3 Å². The van der Waals surface area contributed by atoms with Crippen molar-refractivity contribution in [3.05, 3.63) is 132 Å². The second kappa shape index (κ2) is 19.9. The average Bonchev–Trinajstić information content (AvgIpc) is 3.85. The van der Waals surface area contributed by atoms with E-state index >= 15 is 0 Å². The van der Waals surface area contributed by atoms with Crippen LogP contribution in [0.2, 0.25) is 0 Å². The summed E-state index contributed by atoms with van der Waals surface area (Å²) in [4.78, 5) is 12.8. The first-order valence-electron chi connectivity index (χ1n) is 17.9. The zero-order chi connectivity index (χ0) is 44.2. The van der Waals surface area contributed by atoms with Gasteiger partial charge >= 0.3 is 12.4 Å². The molecule has 62 heavy (non-hydrogen) atoms. The molecule has 4 aromatic carbocycles. The average molecular weight is 908 g/mol. The maximum atomic E-state index is 13.3. The highest BCUT2D eigenvalue weighted by Crippen LogP contribution is 2.35. The van der Waals surface area contributed by atoms with Crippen molar-refractivity contribution in [2.45, 2.75) is 57.8 Å². The molecule has 12 nitrogen and oxygen atoms in total. The number of amides is 1. The van der Waals surface area contributed by atoms with E-state index in [0.717, 1.165) is 32.6 Å². The topological polar surface area (TPSA) is 148 Å². The number of nitrogens with zero attached hydrogens (tertiary/aromatic N) is 5. The van der Waals surface area contributed by atoms with Crippen molar-refractivity contribution >= 4 is 26.0 Å². The van der Waals surface area contributed by atoms with E-state index in [4.69, 9.17) is 0 Å². The van der Waals surface area contributed by atoms with Crippen LogP contribution >= 0.6 is 0 Å². The molecule has 0 unspecified atom stereocenters. The van der Waals surface area contributed by atoms with Gasteiger partial charge in [-0.1, -0.05) is 81.4 Å². The lowest BCUT2D eigenvalue weighted by Crippen LogP contribution is -2.36. The van der Waals surface area contributed by atoms with Crippen molar-refractivity contribution in [3.8, 4) is 33.9 Å². The largest absolute Gasteiger partial charge is 0.435 e. The molecule has 0 aliphatic rings. The van der Waals surface area contributed by atoms with Crippen LogP contribution in [0.3, 0.4) is 0 Å². The van der Waals surface area contributed by atoms with E-state index in [0.29, 0.717) is 16.8 Å². The van der Waals surface area contributed by atoms with Crippen LogP contribution in [-0.4, -0.2) is 74.4 Å². The van der Waals surface area contributed by atoms with Crippen LogP contribution in [0.4, 0.5) is 26.3 Å². The smallest absolute Gasteiger partial charge is 0.348 e. The van der Waals surface area contributed by atoms with E-state index in [9.17, 15) is 48.0 Å². The standard InChI is InChI=1S/C21H21F3N4O3S.C19H18F3N3O2S.2CH4/c1-14-4-6-15(7-5-14)18-12-19(21(22,23)24)26-28(18)16-8-10-17(11-9-16)32(30,31)25-13-20(29)27(2)3;1-3-23-28(26,27)16-10-8-15(9-11-16)25-17(12-18(24-25)19(20,21)22)14-6-4-13(2)5-7-14;;/h4-12,25H,13H2,1-3H3;4-12,23H,3H2,1-2H3;2*1H4. The number of aromatic nitrogens is 4. The fourth-order valence-corrected chi connectivity index (χ4v) is 7.51. The van der Waals surface area contributed by atoms with Gasteiger partial charge in [0.05, 0.1) is 39.1 Å². The Morgan fingerprint density at radius 2 is 0.935 bits per heavy atom. The lowest BCUT2D eigenvalue weighted by molar-refractivity contribution is -0.142. The summed E-state index contributed by atoms with van der Waals surface area (Å²) in [6, 6.07) is 26.6. The molecule has 20 heteroatoms. The molecule has 0 aliphatic heterocycles. The number of rotatable bonds is 11. The van der Waals surface area contributed by atoms with Crippen molar-refractivity contribution < 1.29 is 48.0 Å². The highest BCUT2D eigenvalue weighted by molar-refractivity contribution is 7.89. The number of likely N-dealkylation sites (N-methyl/N-ethyl adjacent to an activating group) is 1. The molecular weight excluding hydrogens is 861 g/mol. The number of sulfonamides is 2. The normalized spacial score (nSPS) is 11.8. The monoisotopic (exact) mass is 907 g/mol. The minimum Gasteiger partial charge on any atom is -0.348 e. The molecule has 6 rings (SSSR count). The summed E-state index contributed by atoms with van der Waals surface area (Å²) in [6.45, 7) is 5.22. The van der Waals surface area contributed by atoms with Crippen LogP contribution in [0.1, 0.15) is 44.3 Å². The van der Waals surface area contributed by atoms with Gasteiger partial charge in [0.25, 0.3) is 0 Å². The fraction of sp³-hybridized carbons (Fsp3) is 0.262. The van der Waals surface area contributed by atoms with Crippen LogP contribution in [-0.2, 0) is 37.2 Å². The Kier molecular flexibility index (Phi) is 16.2. The van der Waals surface area contributed by atoms with Gasteiger partial charge in [-0.25, -0.2) is 35.6 Å². The van der Waals surface area contributed by atoms with Crippen LogP contribution in [0, 0.1) is 13.8 Å². The first-order chi connectivity index (χ1) is 28.0. The predicted octanol–water partition coefficient (Wildman–Crippen LogP) is 8.67. The third-order valence-electron chi connectivity index (χ3n) is 8.72. The fourth-order valence-electron chi connectivity index (χ4n) is 5.50. The Morgan fingerprint density at radius 3 is 1.24 bits per heavy atom. The molecule has 1 amide bonds. The first-order valence-corrected chi connectivity index (χ1v) is 20.9. The third kappa shape index (κ3) is 12.2. The van der Waals surface area contributed by atoms with Gasteiger partial charge < -0.3 is 4.90 Å². The molecule has 334 valence electrons. The lowest BCUT2D eigenvalue weighted by Gasteiger charge is -2.12. The van der Waals surface area contributed by atoms with E-state index in [1.807, 2.05) is 13.8 Å². The van der Waals surface area contributed by atoms with Crippen LogP contribution in [0.15, 0.2) is 119 Å². The molecular formula is C42H47F6N7O5S2. The Balaban J connectivity index is 0.000000323. The number of alkyl halides is 6. The first kappa shape index (κ1) is 50.5. The SMILES string of the molecule is C.C.CCNS(=O)(=O)c1ccc(-n2nc(C(F)(F)F)cc2-c2ccc(C)cc2)cc1.Cc1ccc(-c2cc(C(F)(F)F)nn2-c2ccc(S(=O)(=O)NCC(=O)N(C)C)cc2)cc1. The number of aryl methyl sites for hydroxylation is 2. The molecule has 0 saturated carbocycles. The summed E-state index contributed by atoms with van der Waals surface area (Å²) in [7, 11) is -4.64. The molecule has 6 aromatic rings. The number of nitrogens with one attached hydrogen (secondary N) is 2. The minimum atomic E-state index is -4.64. The summed E-state index contributed by atoms with van der Waals surface area (Å²) in [6.07, 6.45) is -9.24. The zero-order valence-corrected chi connectivity index (χ0v) is 34.3. The maximum absolute atomic E-state index is 13.3. The van der Waals surface area contributed by atoms with Crippen molar-refractivity contribution in [3.63, 3.8) is 0 Å². The van der Waals surface area contributed by atoms with Gasteiger partial charge in [0.2, 0.25) is 26.0 Å². The van der Waals surface area contributed by atoms with Gasteiger partial charge in [0.1, 0.15) is 0 Å². The van der Waals surface area contributed by atoms with E-state index in [1.165, 1.54) is 67.5 Å². The van der Waals surface area contributed by atoms with Crippen LogP contribution in [0.25, 0.3) is 33.9 Å². The Labute approximate surface area is 357 Å². The molecule has 2 aromatic heterocycles. The second-order valence-electron chi connectivity index (χ2n) is 13.5. The lowest BCUT2D eigenvalue weighted by atomic mass is 10.1. The van der Waals surface area contributed by atoms with Gasteiger partial charge in [-0.2, -0.15) is 36.5 Å². The van der Waals surface area contributed by atoms with E-state index in [1.54, 1.807) is 55.5 Å².